The largest absolute Gasteiger partial charge is 0.479 e. The summed E-state index contributed by atoms with van der Waals surface area (Å²) >= 11 is 0. The Hall–Kier alpha value is -5.94. The van der Waals surface area contributed by atoms with E-state index in [1.54, 1.807) is 0 Å². The summed E-state index contributed by atoms with van der Waals surface area (Å²) < 4.78 is 15.8. The lowest BCUT2D eigenvalue weighted by molar-refractivity contribution is -0.151. The average Bonchev–Trinajstić information content (AvgIpc) is 4.03. The third kappa shape index (κ3) is 7.26. The number of benzene rings is 4. The van der Waals surface area contributed by atoms with Gasteiger partial charge < -0.3 is 39.2 Å². The molecular weight excluding hydrogens is 763 g/mol. The first kappa shape index (κ1) is 39.2. The predicted molar refractivity (Wildman–Crippen MR) is 235 cm³/mol. The fourth-order valence-electron chi connectivity index (χ4n) is 10.7. The van der Waals surface area contributed by atoms with E-state index in [-0.39, 0.29) is 11.4 Å². The molecule has 0 aliphatic carbocycles. The van der Waals surface area contributed by atoms with Crippen LogP contribution < -0.4 is 10.6 Å². The molecule has 0 radical (unpaired) electrons. The Morgan fingerprint density at radius 1 is 0.607 bits per heavy atom. The standard InChI is InChI=1S/C25H25N3O2.C16H18N2.C10H10O3/c29-24(23-19-7-2-1-6-18(19)11-17-30-23)27-15-12-25(13-16-27)22-10-5-14-28(22)21-9-4-3-8-20(21)26-25;1-2-5-14-13(4-1)12-16(7-9-17-10-8-16)15-6-3-11-18(14)15;11-10(12)9-8-4-2-1-3-7(8)5-6-13-9/h1-10,14,23,26H,11-13,15-17H2;1-6,11,17H,7-10,12H2;1-4,9H,5-6H2,(H,11,12). The van der Waals surface area contributed by atoms with Gasteiger partial charge in [-0.25, -0.2) is 4.79 Å². The van der Waals surface area contributed by atoms with E-state index in [4.69, 9.17) is 14.6 Å². The van der Waals surface area contributed by atoms with Gasteiger partial charge in [-0.05, 0) is 128 Å². The zero-order valence-corrected chi connectivity index (χ0v) is 34.5. The quantitative estimate of drug-likeness (QED) is 0.162. The highest BCUT2D eigenvalue weighted by atomic mass is 16.5. The number of fused-ring (bicyclic) bond motifs is 10. The topological polar surface area (TPSA) is 110 Å². The molecule has 8 heterocycles. The molecule has 2 fully saturated rings. The average molecular weight is 816 g/mol. The Bertz CT molecular complexity index is 2540. The first-order chi connectivity index (χ1) is 29.9. The molecule has 0 bridgehead atoms. The Labute approximate surface area is 357 Å². The number of para-hydroxylation sites is 3. The van der Waals surface area contributed by atoms with Gasteiger partial charge in [-0.2, -0.15) is 0 Å². The summed E-state index contributed by atoms with van der Waals surface area (Å²) in [7, 11) is 0. The first-order valence-electron chi connectivity index (χ1n) is 21.9. The highest BCUT2D eigenvalue weighted by Gasteiger charge is 2.44. The molecule has 2 unspecified atom stereocenters. The van der Waals surface area contributed by atoms with Gasteiger partial charge in [0.25, 0.3) is 5.91 Å². The minimum atomic E-state index is -0.910. The smallest absolute Gasteiger partial charge is 0.337 e. The molecule has 6 aliphatic heterocycles. The van der Waals surface area contributed by atoms with Crippen LogP contribution in [0.25, 0.3) is 11.4 Å². The molecule has 61 heavy (non-hydrogen) atoms. The number of piperidine rings is 2. The molecule has 1 amide bonds. The highest BCUT2D eigenvalue weighted by Crippen LogP contribution is 2.45. The lowest BCUT2D eigenvalue weighted by Crippen LogP contribution is -2.52. The second kappa shape index (κ2) is 16.5. The molecule has 6 aliphatic rings. The van der Waals surface area contributed by atoms with Gasteiger partial charge in [-0.15, -0.1) is 0 Å². The number of ether oxygens (including phenoxy) is 2. The van der Waals surface area contributed by atoms with E-state index in [1.165, 1.54) is 53.2 Å². The van der Waals surface area contributed by atoms with Crippen molar-refractivity contribution in [2.45, 2.75) is 68.1 Å². The number of amides is 1. The monoisotopic (exact) mass is 815 g/mol. The summed E-state index contributed by atoms with van der Waals surface area (Å²) in [5.74, 6) is -0.809. The van der Waals surface area contributed by atoms with Crippen molar-refractivity contribution in [1.29, 1.82) is 0 Å². The van der Waals surface area contributed by atoms with Crippen LogP contribution in [0.1, 0.15) is 77.1 Å². The van der Waals surface area contributed by atoms with E-state index in [0.717, 1.165) is 74.2 Å². The molecule has 3 N–H and O–H groups in total. The molecule has 4 aromatic carbocycles. The summed E-state index contributed by atoms with van der Waals surface area (Å²) in [5.41, 5.74) is 12.4. The lowest BCUT2D eigenvalue weighted by atomic mass is 9.70. The van der Waals surface area contributed by atoms with Gasteiger partial charge in [0.15, 0.2) is 12.2 Å². The normalized spacial score (nSPS) is 21.0. The van der Waals surface area contributed by atoms with Gasteiger partial charge in [-0.3, -0.25) is 4.79 Å². The molecule has 6 aromatic rings. The fourth-order valence-corrected chi connectivity index (χ4v) is 10.7. The number of aliphatic carboxylic acids is 1. The van der Waals surface area contributed by atoms with E-state index >= 15 is 0 Å². The number of likely N-dealkylation sites (tertiary alicyclic amines) is 1. The Balaban J connectivity index is 0.000000121. The zero-order valence-electron chi connectivity index (χ0n) is 34.5. The first-order valence-corrected chi connectivity index (χ1v) is 21.9. The summed E-state index contributed by atoms with van der Waals surface area (Å²) in [6, 6.07) is 41.8. The molecule has 312 valence electrons. The van der Waals surface area contributed by atoms with Gasteiger partial charge in [0.05, 0.1) is 30.1 Å². The second-order valence-electron chi connectivity index (χ2n) is 17.1. The lowest BCUT2D eigenvalue weighted by Gasteiger charge is -2.46. The number of hydrogen-bond donors (Lipinski definition) is 3. The van der Waals surface area contributed by atoms with Gasteiger partial charge in [0.2, 0.25) is 0 Å². The number of nitrogens with zero attached hydrogens (tertiary/aromatic N) is 3. The van der Waals surface area contributed by atoms with Crippen LogP contribution in [0.15, 0.2) is 134 Å². The van der Waals surface area contributed by atoms with Crippen LogP contribution in [0, 0.1) is 0 Å². The minimum absolute atomic E-state index is 0.101. The summed E-state index contributed by atoms with van der Waals surface area (Å²) in [6.45, 7) is 4.84. The van der Waals surface area contributed by atoms with E-state index in [9.17, 15) is 9.59 Å². The number of carbonyl (C=O) groups is 2. The van der Waals surface area contributed by atoms with Crippen molar-refractivity contribution in [3.05, 3.63) is 173 Å². The third-order valence-electron chi connectivity index (χ3n) is 13.8. The minimum Gasteiger partial charge on any atom is -0.479 e. The van der Waals surface area contributed by atoms with Crippen molar-refractivity contribution >= 4 is 17.6 Å². The molecule has 10 nitrogen and oxygen atoms in total. The molecule has 10 heteroatoms. The van der Waals surface area contributed by atoms with Crippen LogP contribution in [0.3, 0.4) is 0 Å². The van der Waals surface area contributed by atoms with Crippen LogP contribution in [-0.4, -0.2) is 70.4 Å². The summed E-state index contributed by atoms with van der Waals surface area (Å²) in [6.07, 6.45) is 10.3. The summed E-state index contributed by atoms with van der Waals surface area (Å²) in [4.78, 5) is 26.1. The van der Waals surface area contributed by atoms with Gasteiger partial charge in [0.1, 0.15) is 0 Å². The second-order valence-corrected chi connectivity index (χ2v) is 17.1. The van der Waals surface area contributed by atoms with Gasteiger partial charge in [0, 0.05) is 48.0 Å². The van der Waals surface area contributed by atoms with Crippen LogP contribution in [-0.2, 0) is 49.3 Å². The molecule has 2 spiro atoms. The number of aromatic nitrogens is 2. The number of anilines is 1. The number of carbonyl (C=O) groups excluding carboxylic acids is 1. The van der Waals surface area contributed by atoms with Crippen LogP contribution >= 0.6 is 0 Å². The molecule has 0 saturated carbocycles. The van der Waals surface area contributed by atoms with Crippen molar-refractivity contribution in [1.82, 2.24) is 19.4 Å². The van der Waals surface area contributed by atoms with Gasteiger partial charge >= 0.3 is 5.97 Å². The van der Waals surface area contributed by atoms with E-state index < -0.39 is 18.2 Å². The van der Waals surface area contributed by atoms with E-state index in [2.05, 4.69) is 111 Å². The van der Waals surface area contributed by atoms with Crippen molar-refractivity contribution in [3.8, 4) is 11.4 Å². The third-order valence-corrected chi connectivity index (χ3v) is 13.8. The number of hydrogen-bond acceptors (Lipinski definition) is 6. The zero-order chi connectivity index (χ0) is 41.4. The maximum atomic E-state index is 13.4. The van der Waals surface area contributed by atoms with E-state index in [0.29, 0.717) is 18.6 Å². The van der Waals surface area contributed by atoms with Crippen molar-refractivity contribution in [2.24, 2.45) is 0 Å². The molecule has 12 rings (SSSR count). The maximum absolute atomic E-state index is 13.4. The van der Waals surface area contributed by atoms with Crippen LogP contribution in [0.5, 0.6) is 0 Å². The van der Waals surface area contributed by atoms with Gasteiger partial charge in [-0.1, -0.05) is 78.9 Å². The van der Waals surface area contributed by atoms with Crippen molar-refractivity contribution in [3.63, 3.8) is 0 Å². The molecule has 2 aromatic heterocycles. The Kier molecular flexibility index (Phi) is 10.6. The highest BCUT2D eigenvalue weighted by molar-refractivity contribution is 5.83. The SMILES string of the molecule is O=C(C1OCCc2ccccc21)N1CCC2(CC1)Nc1ccccc1-n1cccc12.O=C(O)C1OCCc2ccccc21.c1ccc2c(c1)CC1(CCNCC1)c1cccn1-2. The molecule has 2 saturated heterocycles. The maximum Gasteiger partial charge on any atom is 0.337 e. The number of nitrogens with one attached hydrogen (secondary N) is 2. The number of rotatable bonds is 2. The number of carboxylic acids is 1. The van der Waals surface area contributed by atoms with E-state index in [1.807, 2.05) is 47.4 Å². The number of carboxylic acid groups (broad SMARTS) is 1. The Morgan fingerprint density at radius 3 is 1.85 bits per heavy atom. The molecular formula is C51H53N5O5. The Morgan fingerprint density at radius 2 is 1.16 bits per heavy atom. The predicted octanol–water partition coefficient (Wildman–Crippen LogP) is 8.07. The fraction of sp³-hybridized carbons (Fsp3) is 0.333. The molecule has 2 atom stereocenters. The van der Waals surface area contributed by atoms with Crippen LogP contribution in [0.4, 0.5) is 5.69 Å². The van der Waals surface area contributed by atoms with Crippen LogP contribution in [0.2, 0.25) is 0 Å². The summed E-state index contributed by atoms with van der Waals surface area (Å²) in [5, 5.41) is 16.2. The van der Waals surface area contributed by atoms with Crippen molar-refractivity contribution < 1.29 is 24.2 Å². The van der Waals surface area contributed by atoms with Crippen molar-refractivity contribution in [2.75, 3.05) is 44.7 Å².